The van der Waals surface area contributed by atoms with Gasteiger partial charge in [-0.3, -0.25) is 4.98 Å². The van der Waals surface area contributed by atoms with Crippen LogP contribution in [0.1, 0.15) is 11.5 Å². The van der Waals surface area contributed by atoms with Crippen LogP contribution in [0.3, 0.4) is 0 Å². The zero-order valence-corrected chi connectivity index (χ0v) is 7.74. The number of aromatic nitrogens is 2. The van der Waals surface area contributed by atoms with Crippen LogP contribution in [-0.4, -0.2) is 9.97 Å². The molecule has 0 aliphatic rings. The molecule has 13 heavy (non-hydrogen) atoms. The molecule has 66 valence electrons. The summed E-state index contributed by atoms with van der Waals surface area (Å²) in [5, 5.41) is 0.652. The molecule has 0 atom stereocenters. The van der Waals surface area contributed by atoms with Gasteiger partial charge in [-0.2, -0.15) is 0 Å². The van der Waals surface area contributed by atoms with Gasteiger partial charge in [0.25, 0.3) is 0 Å². The van der Waals surface area contributed by atoms with Gasteiger partial charge in [-0.05, 0) is 12.1 Å². The van der Waals surface area contributed by atoms with E-state index in [4.69, 9.17) is 4.42 Å². The maximum Gasteiger partial charge on any atom is 0.115 e. The summed E-state index contributed by atoms with van der Waals surface area (Å²) in [7, 11) is 0. The summed E-state index contributed by atoms with van der Waals surface area (Å²) in [6.45, 7) is 0. The predicted molar refractivity (Wildman–Crippen MR) is 50.8 cm³/mol. The molecule has 0 aliphatic carbocycles. The van der Waals surface area contributed by atoms with Crippen molar-refractivity contribution >= 4 is 12.6 Å². The molecule has 2 aromatic heterocycles. The maximum atomic E-state index is 5.19. The molecule has 0 bridgehead atoms. The molecule has 0 spiro atoms. The van der Waals surface area contributed by atoms with Crippen molar-refractivity contribution < 1.29 is 4.42 Å². The van der Waals surface area contributed by atoms with Gasteiger partial charge in [-0.25, -0.2) is 4.98 Å². The molecule has 0 N–H and O–H groups in total. The minimum absolute atomic E-state index is 0.639. The average Bonchev–Trinajstić information content (AvgIpc) is 2.61. The van der Waals surface area contributed by atoms with Crippen molar-refractivity contribution in [3.05, 3.63) is 42.2 Å². The molecule has 0 unspecified atom stereocenters. The van der Waals surface area contributed by atoms with Crippen molar-refractivity contribution in [3.63, 3.8) is 0 Å². The third-order valence-electron chi connectivity index (χ3n) is 1.67. The Morgan fingerprint density at radius 2 is 2.15 bits per heavy atom. The van der Waals surface area contributed by atoms with E-state index in [9.17, 15) is 0 Å². The van der Waals surface area contributed by atoms with Crippen molar-refractivity contribution in [1.29, 1.82) is 0 Å². The molecule has 2 heterocycles. The molecule has 0 amide bonds. The van der Waals surface area contributed by atoms with Gasteiger partial charge >= 0.3 is 0 Å². The largest absolute Gasteiger partial charge is 0.469 e. The van der Waals surface area contributed by atoms with Crippen LogP contribution in [0.5, 0.6) is 0 Å². The maximum absolute atomic E-state index is 5.19. The third kappa shape index (κ3) is 1.89. The minimum Gasteiger partial charge on any atom is -0.469 e. The number of furan rings is 1. The predicted octanol–water partition coefficient (Wildman–Crippen LogP) is 1.95. The van der Waals surface area contributed by atoms with Gasteiger partial charge in [0.2, 0.25) is 0 Å². The molecule has 0 fully saturated rings. The third-order valence-corrected chi connectivity index (χ3v) is 2.05. The normalized spacial score (nSPS) is 10.2. The van der Waals surface area contributed by atoms with E-state index in [1.54, 1.807) is 18.7 Å². The van der Waals surface area contributed by atoms with Crippen LogP contribution in [0.2, 0.25) is 0 Å². The molecule has 2 rings (SSSR count). The number of nitrogens with zero attached hydrogens (tertiary/aromatic N) is 2. The van der Waals surface area contributed by atoms with Crippen molar-refractivity contribution in [2.24, 2.45) is 0 Å². The van der Waals surface area contributed by atoms with Crippen molar-refractivity contribution in [1.82, 2.24) is 9.97 Å². The lowest BCUT2D eigenvalue weighted by Gasteiger charge is -1.98. The van der Waals surface area contributed by atoms with E-state index in [0.717, 1.165) is 11.5 Å². The van der Waals surface area contributed by atoms with Gasteiger partial charge in [-0.15, -0.1) is 12.6 Å². The molecule has 3 nitrogen and oxygen atoms in total. The van der Waals surface area contributed by atoms with E-state index >= 15 is 0 Å². The Labute approximate surface area is 81.2 Å². The van der Waals surface area contributed by atoms with Gasteiger partial charge in [0.05, 0.1) is 18.4 Å². The van der Waals surface area contributed by atoms with E-state index in [0.29, 0.717) is 11.4 Å². The summed E-state index contributed by atoms with van der Waals surface area (Å²) in [6.07, 6.45) is 5.55. The first-order valence-electron chi connectivity index (χ1n) is 3.87. The van der Waals surface area contributed by atoms with Crippen molar-refractivity contribution in [2.45, 2.75) is 11.4 Å². The topological polar surface area (TPSA) is 38.9 Å². The molecule has 0 saturated heterocycles. The van der Waals surface area contributed by atoms with Gasteiger partial charge < -0.3 is 4.42 Å². The van der Waals surface area contributed by atoms with Crippen molar-refractivity contribution in [2.75, 3.05) is 0 Å². The molecule has 0 saturated carbocycles. The highest BCUT2D eigenvalue weighted by Crippen LogP contribution is 2.12. The van der Waals surface area contributed by atoms with Crippen LogP contribution in [-0.2, 0) is 6.42 Å². The molecule has 0 radical (unpaired) electrons. The fraction of sp³-hybridized carbons (Fsp3) is 0.111. The highest BCUT2D eigenvalue weighted by atomic mass is 32.1. The number of hydrogen-bond donors (Lipinski definition) is 1. The van der Waals surface area contributed by atoms with Crippen LogP contribution < -0.4 is 0 Å². The van der Waals surface area contributed by atoms with E-state index in [1.807, 2.05) is 12.1 Å². The van der Waals surface area contributed by atoms with E-state index < -0.39 is 0 Å². The van der Waals surface area contributed by atoms with E-state index in [2.05, 4.69) is 22.6 Å². The Morgan fingerprint density at radius 1 is 1.31 bits per heavy atom. The number of thiol groups is 1. The summed E-state index contributed by atoms with van der Waals surface area (Å²) in [4.78, 5) is 8.17. The van der Waals surface area contributed by atoms with E-state index in [-0.39, 0.29) is 0 Å². The molecule has 0 aromatic carbocycles. The molecular weight excluding hydrogens is 184 g/mol. The quantitative estimate of drug-likeness (QED) is 0.739. The number of hydrogen-bond acceptors (Lipinski definition) is 4. The summed E-state index contributed by atoms with van der Waals surface area (Å²) in [5.41, 5.74) is 0.834. The summed E-state index contributed by atoms with van der Waals surface area (Å²) >= 11 is 4.19. The van der Waals surface area contributed by atoms with Crippen LogP contribution in [0.15, 0.2) is 40.2 Å². The second-order valence-electron chi connectivity index (χ2n) is 2.58. The lowest BCUT2D eigenvalue weighted by Crippen LogP contribution is -1.93. The van der Waals surface area contributed by atoms with E-state index in [1.165, 1.54) is 0 Å². The standard InChI is InChI=1S/C9H8N2OS/c13-9-8(10-3-4-11-9)6-7-2-1-5-12-7/h1-5H,6H2,(H,11,13). The Bertz CT molecular complexity index is 386. The first kappa shape index (κ1) is 8.31. The fourth-order valence-electron chi connectivity index (χ4n) is 1.06. The lowest BCUT2D eigenvalue weighted by atomic mass is 10.2. The second-order valence-corrected chi connectivity index (χ2v) is 3.01. The summed E-state index contributed by atoms with van der Waals surface area (Å²) in [5.74, 6) is 0.871. The van der Waals surface area contributed by atoms with Gasteiger partial charge in [0.15, 0.2) is 0 Å². The Balaban J connectivity index is 2.24. The van der Waals surface area contributed by atoms with Gasteiger partial charge in [-0.1, -0.05) is 0 Å². The first-order valence-corrected chi connectivity index (χ1v) is 4.32. The highest BCUT2D eigenvalue weighted by molar-refractivity contribution is 7.80. The first-order chi connectivity index (χ1) is 6.36. The second kappa shape index (κ2) is 3.62. The smallest absolute Gasteiger partial charge is 0.115 e. The van der Waals surface area contributed by atoms with Crippen molar-refractivity contribution in [3.8, 4) is 0 Å². The highest BCUT2D eigenvalue weighted by Gasteiger charge is 2.03. The van der Waals surface area contributed by atoms with Gasteiger partial charge in [0, 0.05) is 12.4 Å². The zero-order valence-electron chi connectivity index (χ0n) is 6.84. The Kier molecular flexibility index (Phi) is 2.31. The fourth-order valence-corrected chi connectivity index (χ4v) is 1.27. The Morgan fingerprint density at radius 3 is 2.85 bits per heavy atom. The van der Waals surface area contributed by atoms with Crippen LogP contribution in [0, 0.1) is 0 Å². The molecular formula is C9H8N2OS. The molecule has 0 aliphatic heterocycles. The summed E-state index contributed by atoms with van der Waals surface area (Å²) < 4.78 is 5.19. The Hall–Kier alpha value is -1.29. The van der Waals surface area contributed by atoms with Crippen LogP contribution >= 0.6 is 12.6 Å². The molecule has 4 heteroatoms. The van der Waals surface area contributed by atoms with Gasteiger partial charge in [0.1, 0.15) is 10.8 Å². The SMILES string of the molecule is Sc1nccnc1Cc1ccco1. The lowest BCUT2D eigenvalue weighted by molar-refractivity contribution is 0.517. The summed E-state index contributed by atoms with van der Waals surface area (Å²) in [6, 6.07) is 3.76. The van der Waals surface area contributed by atoms with Crippen LogP contribution in [0.4, 0.5) is 0 Å². The minimum atomic E-state index is 0.639. The molecule has 2 aromatic rings. The van der Waals surface area contributed by atoms with Crippen LogP contribution in [0.25, 0.3) is 0 Å². The zero-order chi connectivity index (χ0) is 9.10. The average molecular weight is 192 g/mol. The number of rotatable bonds is 2. The monoisotopic (exact) mass is 192 g/mol.